The Kier molecular flexibility index (Phi) is 8.56. The Bertz CT molecular complexity index is 1140. The monoisotopic (exact) mass is 466 g/mol. The number of rotatable bonds is 11. The molecule has 0 aliphatic carbocycles. The van der Waals surface area contributed by atoms with Crippen molar-refractivity contribution in [3.63, 3.8) is 0 Å². The Labute approximate surface area is 199 Å². The Morgan fingerprint density at radius 3 is 2.24 bits per heavy atom. The minimum atomic E-state index is -0.871. The van der Waals surface area contributed by atoms with Crippen LogP contribution in [0.4, 0.5) is 5.69 Å². The van der Waals surface area contributed by atoms with Crippen LogP contribution in [-0.2, 0) is 11.3 Å². The summed E-state index contributed by atoms with van der Waals surface area (Å²) in [6, 6.07) is 15.8. The third-order valence-corrected chi connectivity index (χ3v) is 5.15. The van der Waals surface area contributed by atoms with Gasteiger partial charge in [-0.3, -0.25) is 9.59 Å². The zero-order valence-electron chi connectivity index (χ0n) is 19.9. The topological polar surface area (TPSA) is 88.0 Å². The van der Waals surface area contributed by atoms with Crippen molar-refractivity contribution >= 4 is 11.6 Å². The first kappa shape index (κ1) is 24.7. The maximum atomic E-state index is 12.6. The van der Waals surface area contributed by atoms with E-state index in [1.807, 2.05) is 35.8 Å². The summed E-state index contributed by atoms with van der Waals surface area (Å²) in [5.74, 6) is 1.98. The number of aromatic nitrogens is 1. The highest BCUT2D eigenvalue weighted by molar-refractivity contribution is 5.94. The molecule has 1 heterocycles. The van der Waals surface area contributed by atoms with Gasteiger partial charge in [-0.2, -0.15) is 0 Å². The fourth-order valence-corrected chi connectivity index (χ4v) is 3.25. The summed E-state index contributed by atoms with van der Waals surface area (Å²) in [6.07, 6.45) is 0.816. The van der Waals surface area contributed by atoms with Gasteiger partial charge in [-0.05, 0) is 69.3 Å². The van der Waals surface area contributed by atoms with Crippen LogP contribution in [0.15, 0.2) is 65.6 Å². The van der Waals surface area contributed by atoms with E-state index in [0.29, 0.717) is 31.1 Å². The molecule has 0 saturated heterocycles. The maximum Gasteiger partial charge on any atom is 0.265 e. The third kappa shape index (κ3) is 6.54. The van der Waals surface area contributed by atoms with Crippen molar-refractivity contribution in [1.29, 1.82) is 0 Å². The van der Waals surface area contributed by atoms with E-state index >= 15 is 0 Å². The molecule has 3 aromatic rings. The van der Waals surface area contributed by atoms with E-state index in [1.165, 1.54) is 6.07 Å². The Balaban J connectivity index is 1.60. The first-order chi connectivity index (χ1) is 16.4. The van der Waals surface area contributed by atoms with Crippen LogP contribution in [0.5, 0.6) is 23.0 Å². The van der Waals surface area contributed by atoms with Crippen LogP contribution < -0.4 is 29.7 Å². The summed E-state index contributed by atoms with van der Waals surface area (Å²) in [6.45, 7) is 6.75. The third-order valence-electron chi connectivity index (χ3n) is 5.15. The highest BCUT2D eigenvalue weighted by Gasteiger charge is 2.19. The lowest BCUT2D eigenvalue weighted by molar-refractivity contribution is -0.122. The number of carbonyl (C=O) groups excluding carboxylic acids is 1. The molecule has 8 nitrogen and oxygen atoms in total. The van der Waals surface area contributed by atoms with E-state index < -0.39 is 6.10 Å². The molecule has 1 atom stereocenters. The molecule has 180 valence electrons. The largest absolute Gasteiger partial charge is 0.497 e. The predicted octanol–water partition coefficient (Wildman–Crippen LogP) is 4.05. The molecule has 0 aliphatic rings. The number of carbonyl (C=O) groups is 1. The van der Waals surface area contributed by atoms with Crippen LogP contribution in [-0.4, -0.2) is 36.9 Å². The van der Waals surface area contributed by atoms with Gasteiger partial charge in [0.25, 0.3) is 5.91 Å². The van der Waals surface area contributed by atoms with Crippen LogP contribution in [0.25, 0.3) is 0 Å². The molecule has 0 spiro atoms. The molecule has 1 unspecified atom stereocenters. The molecule has 0 fully saturated rings. The highest BCUT2D eigenvalue weighted by atomic mass is 16.5. The van der Waals surface area contributed by atoms with Gasteiger partial charge < -0.3 is 28.8 Å². The van der Waals surface area contributed by atoms with Gasteiger partial charge in [0.15, 0.2) is 11.9 Å². The van der Waals surface area contributed by atoms with Gasteiger partial charge in [0.2, 0.25) is 5.43 Å². The zero-order chi connectivity index (χ0) is 24.5. The molecule has 1 aromatic heterocycles. The average Bonchev–Trinajstić information content (AvgIpc) is 2.84. The van der Waals surface area contributed by atoms with Crippen molar-refractivity contribution < 1.29 is 23.7 Å². The Hall–Kier alpha value is -3.94. The zero-order valence-corrected chi connectivity index (χ0v) is 19.9. The molecule has 0 radical (unpaired) electrons. The van der Waals surface area contributed by atoms with E-state index in [9.17, 15) is 9.59 Å². The lowest BCUT2D eigenvalue weighted by Crippen LogP contribution is -2.32. The first-order valence-electron chi connectivity index (χ1n) is 11.1. The number of nitrogens with zero attached hydrogens (tertiary/aromatic N) is 1. The SMILES string of the molecule is CCOc1ccc(NC(=O)C(C)Oc2c(C)n(CCOc3ccc(OC)cc3)ccc2=O)cc1. The minimum Gasteiger partial charge on any atom is -0.497 e. The molecule has 2 aromatic carbocycles. The summed E-state index contributed by atoms with van der Waals surface area (Å²) in [5, 5.41) is 2.79. The van der Waals surface area contributed by atoms with Crippen LogP contribution in [0.3, 0.4) is 0 Å². The van der Waals surface area contributed by atoms with Gasteiger partial charge in [0, 0.05) is 18.0 Å². The lowest BCUT2D eigenvalue weighted by Gasteiger charge is -2.19. The minimum absolute atomic E-state index is 0.140. The summed E-state index contributed by atoms with van der Waals surface area (Å²) >= 11 is 0. The van der Waals surface area contributed by atoms with Crippen molar-refractivity contribution in [2.75, 3.05) is 25.6 Å². The molecule has 1 N–H and O–H groups in total. The average molecular weight is 467 g/mol. The fraction of sp³-hybridized carbons (Fsp3) is 0.308. The van der Waals surface area contributed by atoms with Gasteiger partial charge in [-0.1, -0.05) is 0 Å². The molecule has 0 saturated carbocycles. The first-order valence-corrected chi connectivity index (χ1v) is 11.1. The number of pyridine rings is 1. The van der Waals surface area contributed by atoms with Crippen LogP contribution in [0.1, 0.15) is 19.5 Å². The number of ether oxygens (including phenoxy) is 4. The van der Waals surface area contributed by atoms with Crippen LogP contribution in [0, 0.1) is 6.92 Å². The molecule has 1 amide bonds. The standard InChI is InChI=1S/C26H30N2O6/c1-5-32-22-8-6-20(7-9-22)27-26(30)19(3)34-25-18(2)28(15-14-24(25)29)16-17-33-23-12-10-21(31-4)11-13-23/h6-15,19H,5,16-17H2,1-4H3,(H,27,30). The molecule has 0 aliphatic heterocycles. The Morgan fingerprint density at radius 2 is 1.59 bits per heavy atom. The molecule has 8 heteroatoms. The number of hydrogen-bond donors (Lipinski definition) is 1. The van der Waals surface area contributed by atoms with E-state index in [0.717, 1.165) is 17.2 Å². The second kappa shape index (κ2) is 11.8. The predicted molar refractivity (Wildman–Crippen MR) is 130 cm³/mol. The van der Waals surface area contributed by atoms with Gasteiger partial charge in [-0.15, -0.1) is 0 Å². The van der Waals surface area contributed by atoms with E-state index in [-0.39, 0.29) is 17.1 Å². The van der Waals surface area contributed by atoms with Crippen molar-refractivity contribution in [3.05, 3.63) is 76.7 Å². The molecule has 3 rings (SSSR count). The number of anilines is 1. The number of methoxy groups -OCH3 is 1. The fourth-order valence-electron chi connectivity index (χ4n) is 3.25. The highest BCUT2D eigenvalue weighted by Crippen LogP contribution is 2.19. The van der Waals surface area contributed by atoms with E-state index in [2.05, 4.69) is 5.32 Å². The number of hydrogen-bond acceptors (Lipinski definition) is 6. The van der Waals surface area contributed by atoms with E-state index in [4.69, 9.17) is 18.9 Å². The second-order valence-electron chi connectivity index (χ2n) is 7.52. The maximum absolute atomic E-state index is 12.6. The van der Waals surface area contributed by atoms with Gasteiger partial charge >= 0.3 is 0 Å². The summed E-state index contributed by atoms with van der Waals surface area (Å²) in [4.78, 5) is 25.0. The summed E-state index contributed by atoms with van der Waals surface area (Å²) in [7, 11) is 1.61. The lowest BCUT2D eigenvalue weighted by atomic mass is 10.2. The smallest absolute Gasteiger partial charge is 0.265 e. The van der Waals surface area contributed by atoms with Gasteiger partial charge in [0.1, 0.15) is 23.9 Å². The van der Waals surface area contributed by atoms with Crippen molar-refractivity contribution in [3.8, 4) is 23.0 Å². The Morgan fingerprint density at radius 1 is 0.971 bits per heavy atom. The summed E-state index contributed by atoms with van der Waals surface area (Å²) < 4.78 is 24.0. The summed E-state index contributed by atoms with van der Waals surface area (Å²) in [5.41, 5.74) is 0.943. The van der Waals surface area contributed by atoms with Gasteiger partial charge in [-0.25, -0.2) is 0 Å². The normalized spacial score (nSPS) is 11.4. The number of nitrogens with one attached hydrogen (secondary N) is 1. The van der Waals surface area contributed by atoms with Crippen molar-refractivity contribution in [1.82, 2.24) is 4.57 Å². The van der Waals surface area contributed by atoms with Crippen molar-refractivity contribution in [2.45, 2.75) is 33.4 Å². The van der Waals surface area contributed by atoms with E-state index in [1.54, 1.807) is 51.4 Å². The number of benzene rings is 2. The molecule has 0 bridgehead atoms. The van der Waals surface area contributed by atoms with Gasteiger partial charge in [0.05, 0.1) is 26.0 Å². The molecule has 34 heavy (non-hydrogen) atoms. The quantitative estimate of drug-likeness (QED) is 0.459. The van der Waals surface area contributed by atoms with Crippen LogP contribution >= 0.6 is 0 Å². The van der Waals surface area contributed by atoms with Crippen molar-refractivity contribution in [2.24, 2.45) is 0 Å². The molecular weight excluding hydrogens is 436 g/mol. The molecular formula is C26H30N2O6. The number of amides is 1. The second-order valence-corrected chi connectivity index (χ2v) is 7.52. The van der Waals surface area contributed by atoms with Crippen LogP contribution in [0.2, 0.25) is 0 Å².